The minimum atomic E-state index is -3.42. The summed E-state index contributed by atoms with van der Waals surface area (Å²) in [6.07, 6.45) is 6.58. The summed E-state index contributed by atoms with van der Waals surface area (Å²) in [6.45, 7) is 0.507. The molecule has 122 valence electrons. The molecule has 23 heavy (non-hydrogen) atoms. The van der Waals surface area contributed by atoms with Crippen molar-refractivity contribution < 1.29 is 8.42 Å². The molecule has 0 radical (unpaired) electrons. The molecule has 0 atom stereocenters. The highest BCUT2D eigenvalue weighted by Crippen LogP contribution is 2.49. The van der Waals surface area contributed by atoms with Crippen LogP contribution in [0.25, 0.3) is 0 Å². The third kappa shape index (κ3) is 2.97. The van der Waals surface area contributed by atoms with Crippen LogP contribution in [0.15, 0.2) is 40.6 Å². The van der Waals surface area contributed by atoms with Gasteiger partial charge in [-0.05, 0) is 73.2 Å². The maximum absolute atomic E-state index is 12.7. The number of hydrogen-bond acceptors (Lipinski definition) is 3. The smallest absolute Gasteiger partial charge is 0.210 e. The third-order valence-electron chi connectivity index (χ3n) is 5.13. The summed E-state index contributed by atoms with van der Waals surface area (Å²) in [5.74, 6) is 0. The molecule has 1 saturated carbocycles. The molecule has 1 aromatic carbocycles. The zero-order chi connectivity index (χ0) is 15.9. The van der Waals surface area contributed by atoms with Crippen LogP contribution in [-0.4, -0.2) is 15.0 Å². The number of hydrogen-bond donors (Lipinski definition) is 1. The van der Waals surface area contributed by atoms with E-state index in [0.717, 1.165) is 32.1 Å². The van der Waals surface area contributed by atoms with Crippen LogP contribution >= 0.6 is 11.3 Å². The monoisotopic (exact) mass is 347 g/mol. The van der Waals surface area contributed by atoms with Crippen molar-refractivity contribution in [3.63, 3.8) is 0 Å². The number of thiophene rings is 1. The molecule has 0 aliphatic heterocycles. The fraction of sp³-hybridized carbons (Fsp3) is 0.444. The molecule has 0 saturated heterocycles. The van der Waals surface area contributed by atoms with Crippen molar-refractivity contribution in [2.75, 3.05) is 6.54 Å². The Balaban J connectivity index is 1.52. The van der Waals surface area contributed by atoms with Gasteiger partial charge in [0, 0.05) is 16.8 Å². The number of nitrogens with one attached hydrogen (secondary N) is 1. The maximum atomic E-state index is 12.7. The Hall–Kier alpha value is -1.17. The number of rotatable bonds is 5. The third-order valence-corrected chi connectivity index (χ3v) is 7.64. The van der Waals surface area contributed by atoms with Gasteiger partial charge in [-0.15, -0.1) is 11.3 Å². The van der Waals surface area contributed by atoms with E-state index in [4.69, 9.17) is 0 Å². The van der Waals surface area contributed by atoms with Crippen molar-refractivity contribution in [1.82, 2.24) is 4.72 Å². The summed E-state index contributed by atoms with van der Waals surface area (Å²) in [5.41, 5.74) is 2.56. The summed E-state index contributed by atoms with van der Waals surface area (Å²) in [4.78, 5) is 1.71. The molecule has 0 unspecified atom stereocenters. The molecule has 4 rings (SSSR count). The molecule has 0 amide bonds. The summed E-state index contributed by atoms with van der Waals surface area (Å²) < 4.78 is 28.2. The minimum absolute atomic E-state index is 0.0371. The molecule has 0 spiro atoms. The Bertz CT molecular complexity index is 806. The first-order chi connectivity index (χ1) is 11.1. The van der Waals surface area contributed by atoms with Crippen LogP contribution in [-0.2, 0) is 28.3 Å². The molecule has 3 nitrogen and oxygen atoms in total. The second-order valence-corrected chi connectivity index (χ2v) is 9.43. The van der Waals surface area contributed by atoms with E-state index < -0.39 is 10.0 Å². The predicted octanol–water partition coefficient (Wildman–Crippen LogP) is 3.64. The van der Waals surface area contributed by atoms with Crippen LogP contribution in [0, 0.1) is 0 Å². The van der Waals surface area contributed by atoms with E-state index >= 15 is 0 Å². The van der Waals surface area contributed by atoms with E-state index in [9.17, 15) is 8.42 Å². The Labute approximate surface area is 141 Å². The number of benzene rings is 1. The van der Waals surface area contributed by atoms with Crippen LogP contribution < -0.4 is 4.72 Å². The molecule has 5 heteroatoms. The molecule has 1 aromatic heterocycles. The Morgan fingerprint density at radius 3 is 2.57 bits per heavy atom. The lowest BCUT2D eigenvalue weighted by Crippen LogP contribution is -2.32. The largest absolute Gasteiger partial charge is 0.240 e. The average Bonchev–Trinajstić information content (AvgIpc) is 3.16. The Morgan fingerprint density at radius 1 is 1.09 bits per heavy atom. The highest BCUT2D eigenvalue weighted by atomic mass is 32.2. The van der Waals surface area contributed by atoms with Crippen molar-refractivity contribution in [2.24, 2.45) is 0 Å². The van der Waals surface area contributed by atoms with Gasteiger partial charge in [-0.1, -0.05) is 12.1 Å². The van der Waals surface area contributed by atoms with Gasteiger partial charge in [-0.2, -0.15) is 0 Å². The SMILES string of the molecule is O=S(=O)(NCC1(c2cccs2)CC1)c1ccc2c(c1)CCCC2. The minimum Gasteiger partial charge on any atom is -0.210 e. The first kappa shape index (κ1) is 15.4. The molecule has 1 fully saturated rings. The van der Waals surface area contributed by atoms with Gasteiger partial charge in [0.05, 0.1) is 4.90 Å². The van der Waals surface area contributed by atoms with Gasteiger partial charge in [0.15, 0.2) is 0 Å². The predicted molar refractivity (Wildman–Crippen MR) is 93.5 cm³/mol. The van der Waals surface area contributed by atoms with E-state index in [-0.39, 0.29) is 5.41 Å². The number of aryl methyl sites for hydroxylation is 2. The Kier molecular flexibility index (Phi) is 3.82. The van der Waals surface area contributed by atoms with Crippen LogP contribution in [0.1, 0.15) is 41.7 Å². The van der Waals surface area contributed by atoms with Crippen LogP contribution in [0.5, 0.6) is 0 Å². The quantitative estimate of drug-likeness (QED) is 0.897. The van der Waals surface area contributed by atoms with Crippen molar-refractivity contribution in [1.29, 1.82) is 0 Å². The molecular formula is C18H21NO2S2. The zero-order valence-electron chi connectivity index (χ0n) is 13.0. The molecule has 0 bridgehead atoms. The second kappa shape index (κ2) is 5.72. The van der Waals surface area contributed by atoms with Crippen molar-refractivity contribution in [3.05, 3.63) is 51.7 Å². The molecule has 2 aliphatic carbocycles. The van der Waals surface area contributed by atoms with Crippen molar-refractivity contribution in [2.45, 2.75) is 48.8 Å². The van der Waals surface area contributed by atoms with Crippen molar-refractivity contribution >= 4 is 21.4 Å². The molecule has 2 aliphatic rings. The lowest BCUT2D eigenvalue weighted by molar-refractivity contribution is 0.568. The van der Waals surface area contributed by atoms with E-state index in [1.807, 2.05) is 18.2 Å². The fourth-order valence-corrected chi connectivity index (χ4v) is 5.60. The van der Waals surface area contributed by atoms with Crippen LogP contribution in [0.2, 0.25) is 0 Å². The molecular weight excluding hydrogens is 326 g/mol. The lowest BCUT2D eigenvalue weighted by atomic mass is 9.92. The summed E-state index contributed by atoms with van der Waals surface area (Å²) in [6, 6.07) is 9.79. The van der Waals surface area contributed by atoms with Gasteiger partial charge >= 0.3 is 0 Å². The first-order valence-electron chi connectivity index (χ1n) is 8.25. The first-order valence-corrected chi connectivity index (χ1v) is 10.6. The van der Waals surface area contributed by atoms with E-state index in [0.29, 0.717) is 11.4 Å². The summed E-state index contributed by atoms with van der Waals surface area (Å²) >= 11 is 1.72. The molecule has 2 aromatic rings. The second-order valence-electron chi connectivity index (χ2n) is 6.72. The summed E-state index contributed by atoms with van der Waals surface area (Å²) in [5, 5.41) is 2.06. The van der Waals surface area contributed by atoms with Gasteiger partial charge in [-0.3, -0.25) is 0 Å². The lowest BCUT2D eigenvalue weighted by Gasteiger charge is -2.18. The fourth-order valence-electron chi connectivity index (χ4n) is 3.43. The average molecular weight is 348 g/mol. The van der Waals surface area contributed by atoms with Gasteiger partial charge in [0.1, 0.15) is 0 Å². The van der Waals surface area contributed by atoms with Gasteiger partial charge in [-0.25, -0.2) is 13.1 Å². The van der Waals surface area contributed by atoms with Gasteiger partial charge < -0.3 is 0 Å². The van der Waals surface area contributed by atoms with Crippen LogP contribution in [0.3, 0.4) is 0 Å². The summed E-state index contributed by atoms with van der Waals surface area (Å²) in [7, 11) is -3.42. The maximum Gasteiger partial charge on any atom is 0.240 e. The van der Waals surface area contributed by atoms with E-state index in [2.05, 4.69) is 16.2 Å². The zero-order valence-corrected chi connectivity index (χ0v) is 14.7. The highest BCUT2D eigenvalue weighted by Gasteiger charge is 2.45. The van der Waals surface area contributed by atoms with Gasteiger partial charge in [0.2, 0.25) is 10.0 Å². The van der Waals surface area contributed by atoms with E-state index in [1.165, 1.54) is 22.4 Å². The van der Waals surface area contributed by atoms with Gasteiger partial charge in [0.25, 0.3) is 0 Å². The molecule has 1 N–H and O–H groups in total. The molecule has 1 heterocycles. The number of sulfonamides is 1. The van der Waals surface area contributed by atoms with Crippen LogP contribution in [0.4, 0.5) is 0 Å². The topological polar surface area (TPSA) is 46.2 Å². The normalized spacial score (nSPS) is 19.3. The standard InChI is InChI=1S/C18H21NO2S2/c20-23(21,16-8-7-14-4-1-2-5-15(14)12-16)19-13-18(9-10-18)17-6-3-11-22-17/h3,6-8,11-12,19H,1-2,4-5,9-10,13H2. The highest BCUT2D eigenvalue weighted by molar-refractivity contribution is 7.89. The van der Waals surface area contributed by atoms with Crippen molar-refractivity contribution in [3.8, 4) is 0 Å². The van der Waals surface area contributed by atoms with E-state index in [1.54, 1.807) is 17.4 Å². The number of fused-ring (bicyclic) bond motifs is 1. The Morgan fingerprint density at radius 2 is 1.87 bits per heavy atom.